The molecule has 1 spiro atoms. The Morgan fingerprint density at radius 2 is 2.35 bits per heavy atom. The molecule has 0 aromatic rings. The van der Waals surface area contributed by atoms with Gasteiger partial charge in [0.05, 0.1) is 6.61 Å². The molecule has 146 valence electrons. The number of rotatable bonds is 4. The van der Waals surface area contributed by atoms with Crippen LogP contribution < -0.4 is 10.6 Å². The van der Waals surface area contributed by atoms with Gasteiger partial charge in [-0.2, -0.15) is 0 Å². The van der Waals surface area contributed by atoms with Crippen LogP contribution in [0.5, 0.6) is 0 Å². The molecule has 0 bridgehead atoms. The number of carbonyl (C=O) groups is 2. The van der Waals surface area contributed by atoms with E-state index in [1.807, 2.05) is 0 Å². The summed E-state index contributed by atoms with van der Waals surface area (Å²) >= 11 is 0. The molecule has 3 saturated heterocycles. The van der Waals surface area contributed by atoms with Crippen molar-refractivity contribution in [3.05, 3.63) is 0 Å². The second kappa shape index (κ2) is 8.24. The van der Waals surface area contributed by atoms with Crippen molar-refractivity contribution >= 4 is 17.8 Å². The molecule has 2 N–H and O–H groups in total. The van der Waals surface area contributed by atoms with Gasteiger partial charge in [-0.05, 0) is 19.3 Å². The third-order valence-electron chi connectivity index (χ3n) is 5.59. The number of piperidine rings is 1. The van der Waals surface area contributed by atoms with Gasteiger partial charge in [-0.3, -0.25) is 9.59 Å². The molecule has 0 saturated carbocycles. The fourth-order valence-electron chi connectivity index (χ4n) is 3.96. The normalized spacial score (nSPS) is 29.2. The number of guanidine groups is 1. The predicted molar refractivity (Wildman–Crippen MR) is 98.8 cm³/mol. The molecule has 0 aromatic carbocycles. The molecular weight excluding hydrogens is 334 g/mol. The Morgan fingerprint density at radius 3 is 3.00 bits per heavy atom. The van der Waals surface area contributed by atoms with Crippen LogP contribution in [0, 0.1) is 11.3 Å². The maximum Gasteiger partial charge on any atom is 0.243 e. The lowest BCUT2D eigenvalue weighted by molar-refractivity contribution is -0.127. The number of hydrogen-bond acceptors (Lipinski definition) is 4. The minimum atomic E-state index is -0.0158. The van der Waals surface area contributed by atoms with Gasteiger partial charge >= 0.3 is 0 Å². The quantitative estimate of drug-likeness (QED) is 0.526. The van der Waals surface area contributed by atoms with Crippen molar-refractivity contribution < 1.29 is 14.3 Å². The Bertz CT molecular complexity index is 559. The van der Waals surface area contributed by atoms with Crippen LogP contribution in [-0.4, -0.2) is 87.6 Å². The van der Waals surface area contributed by atoms with Crippen molar-refractivity contribution in [1.82, 2.24) is 20.4 Å². The standard InChI is InChI=1S/C18H31N5O3/c1-22(2)16(25)10-20-17(19-9-14-4-7-26-11-14)23-6-3-5-18(13-23)8-15(24)21-12-18/h14H,3-13H2,1-2H3,(H,19,20)(H,21,24). The van der Waals surface area contributed by atoms with Crippen molar-refractivity contribution in [1.29, 1.82) is 0 Å². The summed E-state index contributed by atoms with van der Waals surface area (Å²) in [6.07, 6.45) is 3.73. The fourth-order valence-corrected chi connectivity index (χ4v) is 3.96. The molecule has 3 fully saturated rings. The van der Waals surface area contributed by atoms with E-state index >= 15 is 0 Å². The molecule has 3 heterocycles. The smallest absolute Gasteiger partial charge is 0.243 e. The summed E-state index contributed by atoms with van der Waals surface area (Å²) < 4.78 is 5.45. The van der Waals surface area contributed by atoms with Crippen molar-refractivity contribution in [3.63, 3.8) is 0 Å². The van der Waals surface area contributed by atoms with Crippen molar-refractivity contribution in [2.75, 3.05) is 60.0 Å². The second-order valence-electron chi connectivity index (χ2n) is 8.02. The van der Waals surface area contributed by atoms with E-state index in [-0.39, 0.29) is 23.8 Å². The summed E-state index contributed by atoms with van der Waals surface area (Å²) in [5.41, 5.74) is -0.000189. The average molecular weight is 365 g/mol. The van der Waals surface area contributed by atoms with E-state index in [0.717, 1.165) is 64.6 Å². The van der Waals surface area contributed by atoms with Gasteiger partial charge in [-0.25, -0.2) is 4.99 Å². The molecule has 2 atom stereocenters. The van der Waals surface area contributed by atoms with Crippen LogP contribution in [-0.2, 0) is 14.3 Å². The van der Waals surface area contributed by atoms with Crippen LogP contribution >= 0.6 is 0 Å². The first-order valence-corrected chi connectivity index (χ1v) is 9.55. The molecule has 0 aliphatic carbocycles. The van der Waals surface area contributed by atoms with Crippen LogP contribution in [0.4, 0.5) is 0 Å². The number of aliphatic imine (C=N–C) groups is 1. The molecule has 2 unspecified atom stereocenters. The highest BCUT2D eigenvalue weighted by Crippen LogP contribution is 2.36. The first kappa shape index (κ1) is 18.9. The lowest BCUT2D eigenvalue weighted by Crippen LogP contribution is -2.52. The van der Waals surface area contributed by atoms with Crippen LogP contribution in [0.25, 0.3) is 0 Å². The number of hydrogen-bond donors (Lipinski definition) is 2. The summed E-state index contributed by atoms with van der Waals surface area (Å²) in [6.45, 7) is 4.97. The third kappa shape index (κ3) is 4.66. The van der Waals surface area contributed by atoms with Gasteiger partial charge < -0.3 is 25.2 Å². The highest BCUT2D eigenvalue weighted by atomic mass is 16.5. The van der Waals surface area contributed by atoms with E-state index in [9.17, 15) is 9.59 Å². The number of likely N-dealkylation sites (N-methyl/N-ethyl adjacent to an activating group) is 1. The van der Waals surface area contributed by atoms with E-state index in [0.29, 0.717) is 12.3 Å². The van der Waals surface area contributed by atoms with Gasteiger partial charge in [0.15, 0.2) is 5.96 Å². The second-order valence-corrected chi connectivity index (χ2v) is 8.02. The van der Waals surface area contributed by atoms with E-state index in [1.54, 1.807) is 19.0 Å². The maximum atomic E-state index is 12.0. The molecule has 8 nitrogen and oxygen atoms in total. The summed E-state index contributed by atoms with van der Waals surface area (Å²) in [5, 5.41) is 6.44. The van der Waals surface area contributed by atoms with Crippen LogP contribution in [0.1, 0.15) is 25.7 Å². The first-order chi connectivity index (χ1) is 12.5. The highest BCUT2D eigenvalue weighted by molar-refractivity contribution is 5.85. The van der Waals surface area contributed by atoms with E-state index in [4.69, 9.17) is 4.74 Å². The number of nitrogens with one attached hydrogen (secondary N) is 2. The van der Waals surface area contributed by atoms with Gasteiger partial charge in [0.25, 0.3) is 0 Å². The Kier molecular flexibility index (Phi) is 6.01. The van der Waals surface area contributed by atoms with E-state index in [1.165, 1.54) is 0 Å². The van der Waals surface area contributed by atoms with E-state index < -0.39 is 0 Å². The number of carbonyl (C=O) groups excluding carboxylic acids is 2. The summed E-state index contributed by atoms with van der Waals surface area (Å²) in [7, 11) is 3.49. The summed E-state index contributed by atoms with van der Waals surface area (Å²) in [6, 6.07) is 0. The number of likely N-dealkylation sites (tertiary alicyclic amines) is 1. The minimum Gasteiger partial charge on any atom is -0.381 e. The van der Waals surface area contributed by atoms with Gasteiger partial charge in [-0.1, -0.05) is 0 Å². The van der Waals surface area contributed by atoms with Gasteiger partial charge in [0.1, 0.15) is 6.54 Å². The third-order valence-corrected chi connectivity index (χ3v) is 5.59. The van der Waals surface area contributed by atoms with Gasteiger partial charge in [0, 0.05) is 64.6 Å². The lowest BCUT2D eigenvalue weighted by Gasteiger charge is -2.41. The largest absolute Gasteiger partial charge is 0.381 e. The van der Waals surface area contributed by atoms with Crippen molar-refractivity contribution in [2.24, 2.45) is 16.3 Å². The monoisotopic (exact) mass is 365 g/mol. The van der Waals surface area contributed by atoms with E-state index in [2.05, 4.69) is 20.5 Å². The topological polar surface area (TPSA) is 86.3 Å². The van der Waals surface area contributed by atoms with Crippen LogP contribution in [0.2, 0.25) is 0 Å². The molecule has 3 aliphatic rings. The average Bonchev–Trinajstić information content (AvgIpc) is 3.25. The van der Waals surface area contributed by atoms with Crippen LogP contribution in [0.15, 0.2) is 4.99 Å². The number of nitrogens with zero attached hydrogens (tertiary/aromatic N) is 3. The molecular formula is C18H31N5O3. The molecule has 3 rings (SSSR count). The molecule has 2 amide bonds. The zero-order valence-corrected chi connectivity index (χ0v) is 15.9. The Morgan fingerprint density at radius 1 is 1.50 bits per heavy atom. The lowest BCUT2D eigenvalue weighted by atomic mass is 9.79. The Hall–Kier alpha value is -1.83. The zero-order chi connectivity index (χ0) is 18.6. The predicted octanol–water partition coefficient (Wildman–Crippen LogP) is -0.341. The van der Waals surface area contributed by atoms with Crippen molar-refractivity contribution in [3.8, 4) is 0 Å². The maximum absolute atomic E-state index is 12.0. The first-order valence-electron chi connectivity index (χ1n) is 9.55. The zero-order valence-electron chi connectivity index (χ0n) is 15.9. The summed E-state index contributed by atoms with van der Waals surface area (Å²) in [5.74, 6) is 1.39. The molecule has 0 aromatic heterocycles. The Balaban J connectivity index is 1.67. The number of ether oxygens (including phenoxy) is 1. The molecule has 8 heteroatoms. The minimum absolute atomic E-state index is 0.000189. The SMILES string of the molecule is CN(C)C(=O)CN=C(NCC1CCOC1)N1CCCC2(CNC(=O)C2)C1. The van der Waals surface area contributed by atoms with Gasteiger partial charge in [-0.15, -0.1) is 0 Å². The van der Waals surface area contributed by atoms with Gasteiger partial charge in [0.2, 0.25) is 11.8 Å². The number of amides is 2. The fraction of sp³-hybridized carbons (Fsp3) is 0.833. The summed E-state index contributed by atoms with van der Waals surface area (Å²) in [4.78, 5) is 32.1. The molecule has 0 radical (unpaired) electrons. The highest BCUT2D eigenvalue weighted by Gasteiger charge is 2.42. The molecule has 26 heavy (non-hydrogen) atoms. The van der Waals surface area contributed by atoms with Crippen molar-refractivity contribution in [2.45, 2.75) is 25.7 Å². The Labute approximate surface area is 155 Å². The molecule has 3 aliphatic heterocycles. The van der Waals surface area contributed by atoms with Crippen LogP contribution in [0.3, 0.4) is 0 Å².